The summed E-state index contributed by atoms with van der Waals surface area (Å²) < 4.78 is 10.3. The number of amides is 1. The van der Waals surface area contributed by atoms with Crippen LogP contribution in [-0.4, -0.2) is 18.2 Å². The number of aryl methyl sites for hydroxylation is 1. The molecule has 3 rings (SSSR count). The van der Waals surface area contributed by atoms with E-state index in [9.17, 15) is 4.79 Å². The summed E-state index contributed by atoms with van der Waals surface area (Å²) in [6.45, 7) is 1.79. The van der Waals surface area contributed by atoms with Crippen molar-refractivity contribution >= 4 is 22.6 Å². The zero-order valence-corrected chi connectivity index (χ0v) is 11.7. The molecule has 0 spiro atoms. The molecule has 1 heterocycles. The number of carbonyl (C=O) groups is 1. The summed E-state index contributed by atoms with van der Waals surface area (Å²) in [6, 6.07) is 13.1. The van der Waals surface area contributed by atoms with E-state index in [-0.39, 0.29) is 5.91 Å². The fraction of sp³-hybridized carbons (Fsp3) is 0.125. The molecule has 5 heteroatoms. The SMILES string of the molecule is COc1cc2ccccc2cc1C(=O)Nc1cc(C)no1. The molecular formula is C16H14N2O3. The number of anilines is 1. The van der Waals surface area contributed by atoms with Gasteiger partial charge < -0.3 is 9.26 Å². The van der Waals surface area contributed by atoms with Crippen molar-refractivity contribution in [2.45, 2.75) is 6.92 Å². The van der Waals surface area contributed by atoms with Crippen molar-refractivity contribution in [1.82, 2.24) is 5.16 Å². The van der Waals surface area contributed by atoms with Gasteiger partial charge in [-0.15, -0.1) is 0 Å². The number of aromatic nitrogens is 1. The van der Waals surface area contributed by atoms with Crippen LogP contribution in [0.4, 0.5) is 5.88 Å². The molecule has 0 aliphatic carbocycles. The van der Waals surface area contributed by atoms with E-state index in [2.05, 4.69) is 10.5 Å². The minimum absolute atomic E-state index is 0.297. The van der Waals surface area contributed by atoms with Gasteiger partial charge >= 0.3 is 0 Å². The molecule has 0 bridgehead atoms. The number of methoxy groups -OCH3 is 1. The van der Waals surface area contributed by atoms with Crippen molar-refractivity contribution in [3.05, 3.63) is 53.7 Å². The minimum atomic E-state index is -0.297. The van der Waals surface area contributed by atoms with E-state index in [0.29, 0.717) is 22.9 Å². The van der Waals surface area contributed by atoms with Crippen molar-refractivity contribution in [2.75, 3.05) is 12.4 Å². The number of carbonyl (C=O) groups excluding carboxylic acids is 1. The zero-order chi connectivity index (χ0) is 14.8. The third-order valence-electron chi connectivity index (χ3n) is 3.18. The van der Waals surface area contributed by atoms with Gasteiger partial charge in [0, 0.05) is 6.07 Å². The first-order chi connectivity index (χ1) is 10.2. The maximum atomic E-state index is 12.4. The number of benzene rings is 2. The van der Waals surface area contributed by atoms with Crippen molar-refractivity contribution in [3.63, 3.8) is 0 Å². The lowest BCUT2D eigenvalue weighted by molar-refractivity contribution is 0.102. The molecule has 0 unspecified atom stereocenters. The summed E-state index contributed by atoms with van der Waals surface area (Å²) in [5.41, 5.74) is 1.15. The molecule has 5 nitrogen and oxygen atoms in total. The minimum Gasteiger partial charge on any atom is -0.496 e. The van der Waals surface area contributed by atoms with Crippen LogP contribution >= 0.6 is 0 Å². The first kappa shape index (κ1) is 13.2. The highest BCUT2D eigenvalue weighted by Gasteiger charge is 2.15. The van der Waals surface area contributed by atoms with Crippen molar-refractivity contribution in [1.29, 1.82) is 0 Å². The third kappa shape index (κ3) is 2.58. The van der Waals surface area contributed by atoms with Gasteiger partial charge in [-0.1, -0.05) is 29.4 Å². The van der Waals surface area contributed by atoms with E-state index in [4.69, 9.17) is 9.26 Å². The molecule has 0 saturated carbocycles. The molecular weight excluding hydrogens is 268 g/mol. The molecule has 1 N–H and O–H groups in total. The highest BCUT2D eigenvalue weighted by molar-refractivity contribution is 6.08. The van der Waals surface area contributed by atoms with E-state index in [1.165, 1.54) is 0 Å². The average Bonchev–Trinajstić information content (AvgIpc) is 2.90. The fourth-order valence-electron chi connectivity index (χ4n) is 2.17. The van der Waals surface area contributed by atoms with E-state index in [1.807, 2.05) is 30.3 Å². The smallest absolute Gasteiger partial charge is 0.261 e. The number of rotatable bonds is 3. The molecule has 0 aliphatic heterocycles. The van der Waals surface area contributed by atoms with Crippen LogP contribution in [0.5, 0.6) is 5.75 Å². The van der Waals surface area contributed by atoms with Crippen LogP contribution in [0.15, 0.2) is 47.0 Å². The average molecular weight is 282 g/mol. The molecule has 0 atom stereocenters. The normalized spacial score (nSPS) is 10.6. The maximum absolute atomic E-state index is 12.4. The summed E-state index contributed by atoms with van der Waals surface area (Å²) in [7, 11) is 1.54. The van der Waals surface area contributed by atoms with Gasteiger partial charge in [0.15, 0.2) is 0 Å². The van der Waals surface area contributed by atoms with Crippen molar-refractivity contribution < 1.29 is 14.1 Å². The Morgan fingerprint density at radius 3 is 2.52 bits per heavy atom. The molecule has 0 fully saturated rings. The predicted octanol–water partition coefficient (Wildman–Crippen LogP) is 3.40. The lowest BCUT2D eigenvalue weighted by Gasteiger charge is -2.09. The van der Waals surface area contributed by atoms with Crippen molar-refractivity contribution in [2.24, 2.45) is 0 Å². The van der Waals surface area contributed by atoms with Gasteiger partial charge in [0.25, 0.3) is 5.91 Å². The van der Waals surface area contributed by atoms with Crippen molar-refractivity contribution in [3.8, 4) is 5.75 Å². The van der Waals surface area contributed by atoms with Gasteiger partial charge in [-0.2, -0.15) is 0 Å². The van der Waals surface area contributed by atoms with Gasteiger partial charge in [-0.25, -0.2) is 0 Å². The van der Waals surface area contributed by atoms with Crippen LogP contribution < -0.4 is 10.1 Å². The van der Waals surface area contributed by atoms with E-state index in [1.54, 1.807) is 26.2 Å². The molecule has 1 amide bonds. The Morgan fingerprint density at radius 2 is 1.90 bits per heavy atom. The number of hydrogen-bond acceptors (Lipinski definition) is 4. The molecule has 3 aromatic rings. The Labute approximate surface area is 121 Å². The van der Waals surface area contributed by atoms with Crippen LogP contribution in [0.3, 0.4) is 0 Å². The lowest BCUT2D eigenvalue weighted by Crippen LogP contribution is -2.12. The molecule has 0 aliphatic rings. The highest BCUT2D eigenvalue weighted by atomic mass is 16.5. The summed E-state index contributed by atoms with van der Waals surface area (Å²) >= 11 is 0. The van der Waals surface area contributed by atoms with Gasteiger partial charge in [0.2, 0.25) is 5.88 Å². The zero-order valence-electron chi connectivity index (χ0n) is 11.7. The summed E-state index contributed by atoms with van der Waals surface area (Å²) in [4.78, 5) is 12.4. The molecule has 0 saturated heterocycles. The molecule has 2 aromatic carbocycles. The summed E-state index contributed by atoms with van der Waals surface area (Å²) in [5.74, 6) is 0.531. The second kappa shape index (κ2) is 5.28. The quantitative estimate of drug-likeness (QED) is 0.799. The lowest BCUT2D eigenvalue weighted by atomic mass is 10.1. The second-order valence-electron chi connectivity index (χ2n) is 4.69. The molecule has 0 radical (unpaired) electrons. The Kier molecular flexibility index (Phi) is 3.31. The van der Waals surface area contributed by atoms with Crippen LogP contribution in [-0.2, 0) is 0 Å². The van der Waals surface area contributed by atoms with Crippen LogP contribution in [0.1, 0.15) is 16.1 Å². The van der Waals surface area contributed by atoms with Gasteiger partial charge in [-0.05, 0) is 29.8 Å². The predicted molar refractivity (Wildman–Crippen MR) is 79.7 cm³/mol. The standard InChI is InChI=1S/C16H14N2O3/c1-10-7-15(21-18-10)17-16(19)13-8-11-5-3-4-6-12(11)9-14(13)20-2/h3-9H,1-2H3,(H,17,19). The Morgan fingerprint density at radius 1 is 1.19 bits per heavy atom. The van der Waals surface area contributed by atoms with Crippen LogP contribution in [0.2, 0.25) is 0 Å². The van der Waals surface area contributed by atoms with Gasteiger partial charge in [0.1, 0.15) is 5.75 Å². The van der Waals surface area contributed by atoms with E-state index < -0.39 is 0 Å². The number of nitrogens with zero attached hydrogens (tertiary/aromatic N) is 1. The molecule has 106 valence electrons. The summed E-state index contributed by atoms with van der Waals surface area (Å²) in [6.07, 6.45) is 0. The molecule has 21 heavy (non-hydrogen) atoms. The topological polar surface area (TPSA) is 64.4 Å². The van der Waals surface area contributed by atoms with E-state index in [0.717, 1.165) is 10.8 Å². The first-order valence-corrected chi connectivity index (χ1v) is 6.49. The van der Waals surface area contributed by atoms with Crippen LogP contribution in [0.25, 0.3) is 10.8 Å². The maximum Gasteiger partial charge on any atom is 0.261 e. The van der Waals surface area contributed by atoms with Crippen LogP contribution in [0, 0.1) is 6.92 Å². The highest BCUT2D eigenvalue weighted by Crippen LogP contribution is 2.26. The largest absolute Gasteiger partial charge is 0.496 e. The molecule has 1 aromatic heterocycles. The Hall–Kier alpha value is -2.82. The third-order valence-corrected chi connectivity index (χ3v) is 3.18. The summed E-state index contributed by atoms with van der Waals surface area (Å²) in [5, 5.41) is 8.39. The monoisotopic (exact) mass is 282 g/mol. The number of nitrogens with one attached hydrogen (secondary N) is 1. The first-order valence-electron chi connectivity index (χ1n) is 6.49. The number of fused-ring (bicyclic) bond motifs is 1. The number of hydrogen-bond donors (Lipinski definition) is 1. The Bertz CT molecular complexity index is 808. The second-order valence-corrected chi connectivity index (χ2v) is 4.69. The number of ether oxygens (including phenoxy) is 1. The van der Waals surface area contributed by atoms with Gasteiger partial charge in [0.05, 0.1) is 18.4 Å². The fourth-order valence-corrected chi connectivity index (χ4v) is 2.17. The van der Waals surface area contributed by atoms with E-state index >= 15 is 0 Å². The Balaban J connectivity index is 1.99. The van der Waals surface area contributed by atoms with Gasteiger partial charge in [-0.3, -0.25) is 10.1 Å².